The maximum atomic E-state index is 12.8. The van der Waals surface area contributed by atoms with E-state index < -0.39 is 10.0 Å². The van der Waals surface area contributed by atoms with Gasteiger partial charge in [-0.3, -0.25) is 4.79 Å². The van der Waals surface area contributed by atoms with E-state index in [0.717, 1.165) is 30.6 Å². The summed E-state index contributed by atoms with van der Waals surface area (Å²) in [7, 11) is -3.47. The molecule has 156 valence electrons. The Hall–Kier alpha value is -1.83. The lowest BCUT2D eigenvalue weighted by Gasteiger charge is -2.20. The molecule has 3 rings (SSSR count). The molecular formula is C22H28N2O3S2. The van der Waals surface area contributed by atoms with E-state index in [1.165, 1.54) is 17.3 Å². The van der Waals surface area contributed by atoms with Crippen LogP contribution in [-0.2, 0) is 14.8 Å². The highest BCUT2D eigenvalue weighted by atomic mass is 32.2. The highest BCUT2D eigenvalue weighted by Gasteiger charge is 2.25. The monoisotopic (exact) mass is 432 g/mol. The first-order valence-corrected chi connectivity index (χ1v) is 12.3. The van der Waals surface area contributed by atoms with Gasteiger partial charge in [0, 0.05) is 23.7 Å². The van der Waals surface area contributed by atoms with Gasteiger partial charge in [-0.05, 0) is 63.1 Å². The molecule has 0 spiro atoms. The van der Waals surface area contributed by atoms with Crippen molar-refractivity contribution in [3.8, 4) is 0 Å². The number of anilines is 1. The third-order valence-corrected chi connectivity index (χ3v) is 8.05. The minimum absolute atomic E-state index is 0.112. The van der Waals surface area contributed by atoms with Gasteiger partial charge >= 0.3 is 0 Å². The molecule has 0 aliphatic carbocycles. The highest BCUT2D eigenvalue weighted by Crippen LogP contribution is 2.25. The molecule has 29 heavy (non-hydrogen) atoms. The number of carbonyl (C=O) groups is 1. The summed E-state index contributed by atoms with van der Waals surface area (Å²) >= 11 is 1.49. The zero-order valence-electron chi connectivity index (χ0n) is 16.9. The van der Waals surface area contributed by atoms with Gasteiger partial charge in [-0.1, -0.05) is 30.5 Å². The Morgan fingerprint density at radius 1 is 0.966 bits per heavy atom. The van der Waals surface area contributed by atoms with E-state index in [0.29, 0.717) is 18.8 Å². The second-order valence-electron chi connectivity index (χ2n) is 7.41. The van der Waals surface area contributed by atoms with Crippen LogP contribution in [-0.4, -0.2) is 37.0 Å². The number of amides is 1. The summed E-state index contributed by atoms with van der Waals surface area (Å²) in [6.07, 6.45) is 3.97. The molecular weight excluding hydrogens is 404 g/mol. The Bertz CT molecular complexity index is 918. The Balaban J connectivity index is 1.62. The lowest BCUT2D eigenvalue weighted by molar-refractivity contribution is -0.115. The van der Waals surface area contributed by atoms with Crippen LogP contribution in [0.4, 0.5) is 5.69 Å². The summed E-state index contributed by atoms with van der Waals surface area (Å²) in [6, 6.07) is 14.5. The van der Waals surface area contributed by atoms with Crippen LogP contribution in [0.1, 0.15) is 38.2 Å². The molecule has 1 N–H and O–H groups in total. The predicted molar refractivity (Wildman–Crippen MR) is 119 cm³/mol. The van der Waals surface area contributed by atoms with Crippen molar-refractivity contribution in [2.24, 2.45) is 0 Å². The average molecular weight is 433 g/mol. The van der Waals surface area contributed by atoms with Crippen molar-refractivity contribution < 1.29 is 13.2 Å². The molecule has 2 aromatic carbocycles. The zero-order valence-corrected chi connectivity index (χ0v) is 18.6. The lowest BCUT2D eigenvalue weighted by atomic mass is 10.2. The first-order valence-electron chi connectivity index (χ1n) is 10.0. The molecule has 1 saturated heterocycles. The number of thioether (sulfide) groups is 1. The fourth-order valence-corrected chi connectivity index (χ4v) is 5.64. The molecule has 0 bridgehead atoms. The summed E-state index contributed by atoms with van der Waals surface area (Å²) in [4.78, 5) is 13.8. The number of hydrogen-bond donors (Lipinski definition) is 1. The second kappa shape index (κ2) is 9.78. The third-order valence-electron chi connectivity index (χ3n) is 5.03. The van der Waals surface area contributed by atoms with Crippen LogP contribution in [0.25, 0.3) is 0 Å². The maximum Gasteiger partial charge on any atom is 0.243 e. The number of hydrogen-bond acceptors (Lipinski definition) is 4. The molecule has 0 aromatic heterocycles. The molecule has 7 heteroatoms. The normalized spacial score (nSPS) is 16.8. The maximum absolute atomic E-state index is 12.8. The van der Waals surface area contributed by atoms with E-state index in [-0.39, 0.29) is 16.1 Å². The molecule has 1 fully saturated rings. The molecule has 1 unspecified atom stereocenters. The van der Waals surface area contributed by atoms with Gasteiger partial charge in [0.1, 0.15) is 0 Å². The molecule has 2 aromatic rings. The number of nitrogens with zero attached hydrogens (tertiary/aromatic N) is 1. The van der Waals surface area contributed by atoms with Crippen molar-refractivity contribution in [2.45, 2.75) is 54.6 Å². The number of benzene rings is 2. The van der Waals surface area contributed by atoms with Crippen LogP contribution in [0.2, 0.25) is 0 Å². The van der Waals surface area contributed by atoms with E-state index in [9.17, 15) is 13.2 Å². The fraction of sp³-hybridized carbons (Fsp3) is 0.409. The largest absolute Gasteiger partial charge is 0.325 e. The second-order valence-corrected chi connectivity index (χ2v) is 10.8. The van der Waals surface area contributed by atoms with Gasteiger partial charge in [-0.15, -0.1) is 11.8 Å². The Morgan fingerprint density at radius 3 is 2.14 bits per heavy atom. The summed E-state index contributed by atoms with van der Waals surface area (Å²) in [5, 5.41) is 2.61. The fourth-order valence-electron chi connectivity index (χ4n) is 3.26. The Labute approximate surface area is 177 Å². The SMILES string of the molecule is Cc1ccc(SC(C)C(=O)Nc2ccc(S(=O)(=O)N3CCCCCC3)cc2)cc1. The van der Waals surface area contributed by atoms with E-state index in [4.69, 9.17) is 0 Å². The number of nitrogens with one attached hydrogen (secondary N) is 1. The van der Waals surface area contributed by atoms with Crippen molar-refractivity contribution in [2.75, 3.05) is 18.4 Å². The summed E-state index contributed by atoms with van der Waals surface area (Å²) < 4.78 is 27.3. The lowest BCUT2D eigenvalue weighted by Crippen LogP contribution is -2.31. The summed E-state index contributed by atoms with van der Waals surface area (Å²) in [5.74, 6) is -0.112. The van der Waals surface area contributed by atoms with Gasteiger partial charge in [0.15, 0.2) is 0 Å². The van der Waals surface area contributed by atoms with Crippen LogP contribution in [0.15, 0.2) is 58.3 Å². The number of aryl methyl sites for hydroxylation is 1. The van der Waals surface area contributed by atoms with Crippen LogP contribution in [0.5, 0.6) is 0 Å². The van der Waals surface area contributed by atoms with Crippen molar-refractivity contribution in [3.05, 3.63) is 54.1 Å². The van der Waals surface area contributed by atoms with E-state index in [1.54, 1.807) is 28.6 Å². The predicted octanol–water partition coefficient (Wildman–Crippen LogP) is 4.68. The Morgan fingerprint density at radius 2 is 1.55 bits per heavy atom. The van der Waals surface area contributed by atoms with E-state index in [2.05, 4.69) is 5.32 Å². The molecule has 1 atom stereocenters. The molecule has 1 heterocycles. The van der Waals surface area contributed by atoms with Crippen LogP contribution >= 0.6 is 11.8 Å². The number of sulfonamides is 1. The van der Waals surface area contributed by atoms with Gasteiger partial charge in [0.05, 0.1) is 10.1 Å². The van der Waals surface area contributed by atoms with Gasteiger partial charge in [0.25, 0.3) is 0 Å². The quantitative estimate of drug-likeness (QED) is 0.673. The van der Waals surface area contributed by atoms with Crippen molar-refractivity contribution in [3.63, 3.8) is 0 Å². The molecule has 1 aliphatic rings. The average Bonchev–Trinajstić information content (AvgIpc) is 3.00. The van der Waals surface area contributed by atoms with Crippen LogP contribution < -0.4 is 5.32 Å². The van der Waals surface area contributed by atoms with Crippen molar-refractivity contribution in [1.29, 1.82) is 0 Å². The summed E-state index contributed by atoms with van der Waals surface area (Å²) in [5.41, 5.74) is 1.78. The zero-order chi connectivity index (χ0) is 20.9. The van der Waals surface area contributed by atoms with E-state index >= 15 is 0 Å². The third kappa shape index (κ3) is 5.84. The Kier molecular flexibility index (Phi) is 7.38. The minimum Gasteiger partial charge on any atom is -0.325 e. The van der Waals surface area contributed by atoms with Crippen molar-refractivity contribution >= 4 is 33.4 Å². The number of carbonyl (C=O) groups excluding carboxylic acids is 1. The molecule has 0 radical (unpaired) electrons. The highest BCUT2D eigenvalue weighted by molar-refractivity contribution is 8.00. The molecule has 0 saturated carbocycles. The molecule has 1 aliphatic heterocycles. The van der Waals surface area contributed by atoms with E-state index in [1.807, 2.05) is 38.1 Å². The minimum atomic E-state index is -3.47. The first-order chi connectivity index (χ1) is 13.9. The van der Waals surface area contributed by atoms with Gasteiger partial charge in [-0.2, -0.15) is 4.31 Å². The van der Waals surface area contributed by atoms with Gasteiger partial charge < -0.3 is 5.32 Å². The van der Waals surface area contributed by atoms with Crippen LogP contribution in [0, 0.1) is 6.92 Å². The molecule has 5 nitrogen and oxygen atoms in total. The standard InChI is InChI=1S/C22H28N2O3S2/c1-17-7-11-20(12-8-17)28-18(2)22(25)23-19-9-13-21(14-10-19)29(26,27)24-15-5-3-4-6-16-24/h7-14,18H,3-6,15-16H2,1-2H3,(H,23,25). The number of rotatable bonds is 6. The topological polar surface area (TPSA) is 66.5 Å². The van der Waals surface area contributed by atoms with Gasteiger partial charge in [0.2, 0.25) is 15.9 Å². The van der Waals surface area contributed by atoms with Gasteiger partial charge in [-0.25, -0.2) is 8.42 Å². The molecule has 1 amide bonds. The van der Waals surface area contributed by atoms with Crippen molar-refractivity contribution in [1.82, 2.24) is 4.31 Å². The van der Waals surface area contributed by atoms with Crippen LogP contribution in [0.3, 0.4) is 0 Å². The smallest absolute Gasteiger partial charge is 0.243 e. The first kappa shape index (κ1) is 21.9. The summed E-state index contributed by atoms with van der Waals surface area (Å²) in [6.45, 7) is 5.04.